The molecule has 0 aliphatic rings. The number of hydrogen-bond donors (Lipinski definition) is 0. The van der Waals surface area contributed by atoms with Crippen LogP contribution >= 0.6 is 69.6 Å². The van der Waals surface area contributed by atoms with Gasteiger partial charge < -0.3 is 0 Å². The number of hydrogen-bond acceptors (Lipinski definition) is 1. The second kappa shape index (κ2) is 4.59. The maximum Gasteiger partial charge on any atom is 0.422 e. The van der Waals surface area contributed by atoms with Crippen LogP contribution in [0.3, 0.4) is 0 Å². The summed E-state index contributed by atoms with van der Waals surface area (Å²) >= 11 is 27.9. The van der Waals surface area contributed by atoms with Crippen molar-refractivity contribution in [1.29, 1.82) is 0 Å². The molecule has 0 N–H and O–H groups in total. The van der Waals surface area contributed by atoms with Gasteiger partial charge in [-0.2, -0.15) is 17.6 Å². The van der Waals surface area contributed by atoms with Crippen molar-refractivity contribution in [2.24, 2.45) is 0 Å². The summed E-state index contributed by atoms with van der Waals surface area (Å²) in [4.78, 5) is 0. The number of rotatable bonds is 3. The Morgan fingerprint density at radius 1 is 0.733 bits per heavy atom. The van der Waals surface area contributed by atoms with Crippen LogP contribution in [0.15, 0.2) is 0 Å². The van der Waals surface area contributed by atoms with E-state index < -0.39 is 19.8 Å². The molecule has 0 radical (unpaired) electrons. The first kappa shape index (κ1) is 16.4. The molecule has 0 aromatic heterocycles. The second-order valence-electron chi connectivity index (χ2n) is 2.13. The summed E-state index contributed by atoms with van der Waals surface area (Å²) in [5.74, 6) is 0. The van der Waals surface area contributed by atoms with E-state index in [1.807, 2.05) is 0 Å². The van der Waals surface area contributed by atoms with E-state index in [2.05, 4.69) is 39.5 Å². The highest BCUT2D eigenvalue weighted by Crippen LogP contribution is 2.51. The number of ether oxygens (including phenoxy) is 1. The topological polar surface area (TPSA) is 9.23 Å². The molecule has 1 atom stereocenters. The summed E-state index contributed by atoms with van der Waals surface area (Å²) in [6, 6.07) is 0. The Labute approximate surface area is 111 Å². The van der Waals surface area contributed by atoms with Gasteiger partial charge in [-0.3, -0.25) is 4.74 Å². The summed E-state index contributed by atoms with van der Waals surface area (Å²) in [5, 5.41) is -4.01. The molecule has 1 nitrogen and oxygen atoms in total. The largest absolute Gasteiger partial charge is 0.422 e. The lowest BCUT2D eigenvalue weighted by Crippen LogP contribution is -2.47. The summed E-state index contributed by atoms with van der Waals surface area (Å²) in [5.41, 5.74) is 0. The van der Waals surface area contributed by atoms with Crippen LogP contribution in [0.2, 0.25) is 0 Å². The van der Waals surface area contributed by atoms with Gasteiger partial charge in [-0.05, 0) is 11.6 Å². The minimum Gasteiger partial charge on any atom is -0.261 e. The van der Waals surface area contributed by atoms with E-state index in [9.17, 15) is 17.6 Å². The fourth-order valence-corrected chi connectivity index (χ4v) is 0.566. The third-order valence-corrected chi connectivity index (χ3v) is 2.74. The summed E-state index contributed by atoms with van der Waals surface area (Å²) < 4.78 is 46.3. The average molecular weight is 353 g/mol. The van der Waals surface area contributed by atoms with E-state index in [1.165, 1.54) is 0 Å². The molecule has 11 heteroatoms. The second-order valence-corrected chi connectivity index (χ2v) is 6.13. The predicted molar refractivity (Wildman–Crippen MR) is 51.6 cm³/mol. The van der Waals surface area contributed by atoms with Crippen LogP contribution in [0, 0.1) is 0 Å². The highest BCUT2D eigenvalue weighted by molar-refractivity contribution is 6.70. The van der Waals surface area contributed by atoms with Crippen LogP contribution in [0.1, 0.15) is 0 Å². The molecule has 0 fully saturated rings. The zero-order valence-corrected chi connectivity index (χ0v) is 10.7. The Balaban J connectivity index is 4.89. The van der Waals surface area contributed by atoms with Crippen LogP contribution in [0.25, 0.3) is 0 Å². The van der Waals surface area contributed by atoms with Gasteiger partial charge in [0.25, 0.3) is 3.79 Å². The highest BCUT2D eigenvalue weighted by Gasteiger charge is 2.63. The quantitative estimate of drug-likeness (QED) is 0.517. The van der Waals surface area contributed by atoms with Crippen molar-refractivity contribution in [3.8, 4) is 0 Å². The van der Waals surface area contributed by atoms with Gasteiger partial charge in [-0.15, -0.1) is 0 Å². The molecule has 0 rings (SSSR count). The summed E-state index contributed by atoms with van der Waals surface area (Å²) in [6.07, 6.45) is -5.02. The first-order chi connectivity index (χ1) is 6.21. The van der Waals surface area contributed by atoms with Crippen molar-refractivity contribution in [2.45, 2.75) is 19.8 Å². The lowest BCUT2D eigenvalue weighted by molar-refractivity contribution is -0.323. The van der Waals surface area contributed by atoms with Gasteiger partial charge in [-0.25, -0.2) is 0 Å². The smallest absolute Gasteiger partial charge is 0.261 e. The van der Waals surface area contributed by atoms with Crippen LogP contribution in [-0.4, -0.2) is 19.8 Å². The van der Waals surface area contributed by atoms with Crippen molar-refractivity contribution in [2.75, 3.05) is 0 Å². The molecule has 0 aromatic carbocycles. The van der Waals surface area contributed by atoms with Gasteiger partial charge in [0, 0.05) is 0 Å². The standard InChI is InChI=1S/C4Cl6F4O/c5-1(6,7)3(10,12)15-4(13,14)2(8,9)11. The molecule has 92 valence electrons. The van der Waals surface area contributed by atoms with Crippen LogP contribution in [-0.2, 0) is 4.74 Å². The lowest BCUT2D eigenvalue weighted by Gasteiger charge is -2.31. The molecule has 0 saturated carbocycles. The zero-order chi connectivity index (χ0) is 12.7. The van der Waals surface area contributed by atoms with Crippen LogP contribution in [0.5, 0.6) is 0 Å². The van der Waals surface area contributed by atoms with Crippen LogP contribution < -0.4 is 0 Å². The van der Waals surface area contributed by atoms with Crippen molar-refractivity contribution in [1.82, 2.24) is 0 Å². The minimum atomic E-state index is -5.02. The third-order valence-electron chi connectivity index (χ3n) is 0.916. The van der Waals surface area contributed by atoms with E-state index in [0.717, 1.165) is 0 Å². The summed E-state index contributed by atoms with van der Waals surface area (Å²) in [6.45, 7) is 0. The predicted octanol–water partition coefficient (Wildman–Crippen LogP) is 4.93. The van der Waals surface area contributed by atoms with Gasteiger partial charge in [0.15, 0.2) is 0 Å². The summed E-state index contributed by atoms with van der Waals surface area (Å²) in [7, 11) is 0. The number of alkyl halides is 10. The molecule has 0 aliphatic heterocycles. The Hall–Kier alpha value is 1.42. The van der Waals surface area contributed by atoms with E-state index in [0.29, 0.717) is 0 Å². The van der Waals surface area contributed by atoms with Crippen LogP contribution in [0.4, 0.5) is 17.6 Å². The van der Waals surface area contributed by atoms with Crippen molar-refractivity contribution >= 4 is 69.6 Å². The Kier molecular flexibility index (Phi) is 5.03. The monoisotopic (exact) mass is 350 g/mol. The Bertz CT molecular complexity index is 208. The van der Waals surface area contributed by atoms with E-state index in [-0.39, 0.29) is 0 Å². The van der Waals surface area contributed by atoms with Gasteiger partial charge in [-0.1, -0.05) is 58.0 Å². The zero-order valence-electron chi connectivity index (χ0n) is 6.19. The maximum absolute atomic E-state index is 13.0. The Morgan fingerprint density at radius 2 is 1.07 bits per heavy atom. The molecular formula is C4Cl6F4O. The molecule has 0 saturated heterocycles. The maximum atomic E-state index is 13.0. The average Bonchev–Trinajstić information content (AvgIpc) is 1.77. The van der Waals surface area contributed by atoms with Crippen molar-refractivity contribution in [3.05, 3.63) is 0 Å². The third kappa shape index (κ3) is 4.30. The fraction of sp³-hybridized carbons (Fsp3) is 1.00. The molecule has 0 amide bonds. The Morgan fingerprint density at radius 3 is 1.27 bits per heavy atom. The van der Waals surface area contributed by atoms with Gasteiger partial charge in [0.05, 0.1) is 0 Å². The highest BCUT2D eigenvalue weighted by atomic mass is 35.6. The van der Waals surface area contributed by atoms with Gasteiger partial charge in [0.1, 0.15) is 0 Å². The number of halogens is 10. The molecule has 0 aromatic rings. The molecule has 0 bridgehead atoms. The fourth-order valence-electron chi connectivity index (χ4n) is 0.277. The van der Waals surface area contributed by atoms with E-state index in [1.54, 1.807) is 0 Å². The van der Waals surface area contributed by atoms with Gasteiger partial charge >= 0.3 is 16.0 Å². The molecule has 15 heavy (non-hydrogen) atoms. The molecule has 1 unspecified atom stereocenters. The van der Waals surface area contributed by atoms with Crippen molar-refractivity contribution in [3.63, 3.8) is 0 Å². The van der Waals surface area contributed by atoms with Crippen molar-refractivity contribution < 1.29 is 22.3 Å². The molecule has 0 spiro atoms. The van der Waals surface area contributed by atoms with E-state index >= 15 is 0 Å². The normalized spacial score (nSPS) is 18.8. The van der Waals surface area contributed by atoms with Gasteiger partial charge in [0.2, 0.25) is 0 Å². The minimum absolute atomic E-state index is 3.08. The lowest BCUT2D eigenvalue weighted by atomic mass is 10.6. The van der Waals surface area contributed by atoms with E-state index in [4.69, 9.17) is 34.8 Å². The molecule has 0 aliphatic carbocycles. The SMILES string of the molecule is FC(Cl)(Cl)C(F)(F)OC(F)(Cl)C(Cl)(Cl)Cl. The first-order valence-corrected chi connectivity index (χ1v) is 5.07. The molecular weight excluding hydrogens is 353 g/mol. The first-order valence-electron chi connectivity index (χ1n) is 2.80. The molecule has 0 heterocycles.